The molecule has 0 bridgehead atoms. The van der Waals surface area contributed by atoms with Crippen molar-refractivity contribution in [3.8, 4) is 0 Å². The van der Waals surface area contributed by atoms with Gasteiger partial charge in [0.25, 0.3) is 0 Å². The molecule has 0 saturated heterocycles. The topological polar surface area (TPSA) is 58.0 Å². The Balaban J connectivity index is 0.000001000. The van der Waals surface area contributed by atoms with Crippen molar-refractivity contribution in [3.63, 3.8) is 0 Å². The van der Waals surface area contributed by atoms with Crippen molar-refractivity contribution in [1.29, 1.82) is 0 Å². The molecule has 0 aliphatic carbocycles. The Morgan fingerprint density at radius 3 is 2.82 bits per heavy atom. The molecule has 1 rings (SSSR count). The quantitative estimate of drug-likeness (QED) is 0.397. The molecule has 0 aliphatic rings. The van der Waals surface area contributed by atoms with Gasteiger partial charge in [-0.15, -0.1) is 0 Å². The van der Waals surface area contributed by atoms with Crippen LogP contribution in [-0.4, -0.2) is 15.5 Å². The van der Waals surface area contributed by atoms with Crippen molar-refractivity contribution in [2.24, 2.45) is 7.05 Å². The molecule has 11 heavy (non-hydrogen) atoms. The van der Waals surface area contributed by atoms with E-state index in [0.717, 1.165) is 0 Å². The fraction of sp³-hybridized carbons (Fsp3) is 0.333. The van der Waals surface area contributed by atoms with E-state index in [0.29, 0.717) is 5.69 Å². The Labute approximate surface area is 76.4 Å². The van der Waals surface area contributed by atoms with Gasteiger partial charge in [-0.05, 0) is 0 Å². The number of carboxylic acids is 1. The van der Waals surface area contributed by atoms with E-state index < -0.39 is 5.97 Å². The van der Waals surface area contributed by atoms with E-state index in [1.807, 2.05) is 0 Å². The van der Waals surface area contributed by atoms with Gasteiger partial charge < -0.3 is 14.5 Å². The molecule has 0 amide bonds. The molecule has 54 valence electrons. The van der Waals surface area contributed by atoms with Crippen molar-refractivity contribution >= 4 is 5.97 Å². The van der Waals surface area contributed by atoms with Crippen molar-refractivity contribution in [1.82, 2.24) is 9.55 Å². The van der Waals surface area contributed by atoms with Crippen molar-refractivity contribution in [2.45, 2.75) is 6.42 Å². The molecule has 1 aromatic heterocycles. The molecule has 0 radical (unpaired) electrons. The largest absolute Gasteiger partial charge is 1.00 e. The van der Waals surface area contributed by atoms with E-state index in [2.05, 4.69) is 4.98 Å². The molecule has 0 aliphatic heterocycles. The number of aromatic nitrogens is 2. The second-order valence-electron chi connectivity index (χ2n) is 2.08. The van der Waals surface area contributed by atoms with Gasteiger partial charge in [0.15, 0.2) is 0 Å². The smallest absolute Gasteiger partial charge is 0.550 e. The van der Waals surface area contributed by atoms with Crippen LogP contribution < -0.4 is 24.0 Å². The zero-order chi connectivity index (χ0) is 7.56. The Hall–Kier alpha value is -0.723. The molecule has 0 spiro atoms. The number of nitrogens with zero attached hydrogens (tertiary/aromatic N) is 2. The molecule has 5 heteroatoms. The Bertz CT molecular complexity index is 246. The van der Waals surface area contributed by atoms with Crippen LogP contribution >= 0.6 is 0 Å². The third-order valence-electron chi connectivity index (χ3n) is 1.08. The molecular weight excluding hydrogens is 139 g/mol. The van der Waals surface area contributed by atoms with Gasteiger partial charge in [0, 0.05) is 25.6 Å². The van der Waals surface area contributed by atoms with Gasteiger partial charge in [-0.3, -0.25) is 0 Å². The van der Waals surface area contributed by atoms with Crippen LogP contribution in [-0.2, 0) is 18.3 Å². The van der Waals surface area contributed by atoms with Crippen LogP contribution in [0.25, 0.3) is 0 Å². The average Bonchev–Trinajstić information content (AvgIpc) is 2.13. The summed E-state index contributed by atoms with van der Waals surface area (Å²) < 4.78 is 1.69. The maximum Gasteiger partial charge on any atom is 1.00 e. The van der Waals surface area contributed by atoms with Gasteiger partial charge in [0.2, 0.25) is 0 Å². The molecule has 4 nitrogen and oxygen atoms in total. The normalized spacial score (nSPS) is 8.82. The summed E-state index contributed by atoms with van der Waals surface area (Å²) >= 11 is 0. The standard InChI is InChI=1S/C6H8N2O2.Li/c1-8-3-5(7-4-8)2-6(9)10;/h3-4H,2H2,1H3,(H,9,10);/q;+1/p-1. The minimum atomic E-state index is -1.10. The van der Waals surface area contributed by atoms with E-state index >= 15 is 0 Å². The van der Waals surface area contributed by atoms with E-state index in [4.69, 9.17) is 0 Å². The number of carbonyl (C=O) groups is 1. The summed E-state index contributed by atoms with van der Waals surface area (Å²) in [6.45, 7) is 0. The zero-order valence-electron chi connectivity index (χ0n) is 6.57. The molecule has 0 saturated carbocycles. The third kappa shape index (κ3) is 3.26. The van der Waals surface area contributed by atoms with Gasteiger partial charge in [0.05, 0.1) is 12.0 Å². The van der Waals surface area contributed by atoms with Gasteiger partial charge >= 0.3 is 18.9 Å². The molecule has 0 fully saturated rings. The predicted molar refractivity (Wildman–Crippen MR) is 31.9 cm³/mol. The van der Waals surface area contributed by atoms with Crippen LogP contribution in [0.15, 0.2) is 12.5 Å². The zero-order valence-corrected chi connectivity index (χ0v) is 6.57. The van der Waals surface area contributed by atoms with Crippen LogP contribution in [0.2, 0.25) is 0 Å². The van der Waals surface area contributed by atoms with Gasteiger partial charge in [-0.2, -0.15) is 0 Å². The maximum atomic E-state index is 10.0. The molecule has 0 atom stereocenters. The molecule has 0 aromatic carbocycles. The van der Waals surface area contributed by atoms with Gasteiger partial charge in [-0.25, -0.2) is 4.98 Å². The van der Waals surface area contributed by atoms with Gasteiger partial charge in [0.1, 0.15) is 0 Å². The SMILES string of the molecule is Cn1cnc(CC(=O)[O-])c1.[Li+]. The summed E-state index contributed by atoms with van der Waals surface area (Å²) in [5.74, 6) is -1.10. The van der Waals surface area contributed by atoms with E-state index in [-0.39, 0.29) is 25.3 Å². The molecular formula is C6H7LiN2O2. The third-order valence-corrected chi connectivity index (χ3v) is 1.08. The number of carboxylic acid groups (broad SMARTS) is 1. The average molecular weight is 146 g/mol. The van der Waals surface area contributed by atoms with Crippen molar-refractivity contribution in [2.75, 3.05) is 0 Å². The molecule has 0 unspecified atom stereocenters. The minimum Gasteiger partial charge on any atom is -0.550 e. The van der Waals surface area contributed by atoms with Crippen LogP contribution in [0.3, 0.4) is 0 Å². The number of imidazole rings is 1. The summed E-state index contributed by atoms with van der Waals surface area (Å²) in [6, 6.07) is 0. The van der Waals surface area contributed by atoms with Gasteiger partial charge in [-0.1, -0.05) is 0 Å². The van der Waals surface area contributed by atoms with Crippen LogP contribution in [0.1, 0.15) is 5.69 Å². The van der Waals surface area contributed by atoms with Crippen LogP contribution in [0.5, 0.6) is 0 Å². The van der Waals surface area contributed by atoms with Crippen molar-refractivity contribution in [3.05, 3.63) is 18.2 Å². The number of aryl methyl sites for hydroxylation is 1. The Kier molecular flexibility index (Phi) is 3.94. The predicted octanol–water partition coefficient (Wildman–Crippen LogP) is -4.28. The first-order valence-corrected chi connectivity index (χ1v) is 2.85. The fourth-order valence-electron chi connectivity index (χ4n) is 0.706. The molecule has 0 N–H and O–H groups in total. The first-order chi connectivity index (χ1) is 4.68. The summed E-state index contributed by atoms with van der Waals surface area (Å²) in [5, 5.41) is 10.0. The Morgan fingerprint density at radius 2 is 2.45 bits per heavy atom. The number of hydrogen-bond acceptors (Lipinski definition) is 3. The molecule has 1 aromatic rings. The molecule has 1 heterocycles. The van der Waals surface area contributed by atoms with E-state index in [9.17, 15) is 9.90 Å². The first-order valence-electron chi connectivity index (χ1n) is 2.85. The van der Waals surface area contributed by atoms with E-state index in [1.54, 1.807) is 24.1 Å². The second kappa shape index (κ2) is 4.22. The van der Waals surface area contributed by atoms with E-state index in [1.165, 1.54) is 0 Å². The summed E-state index contributed by atoms with van der Waals surface area (Å²) in [5.41, 5.74) is 0.530. The Morgan fingerprint density at radius 1 is 1.82 bits per heavy atom. The van der Waals surface area contributed by atoms with Crippen molar-refractivity contribution < 1.29 is 28.8 Å². The van der Waals surface area contributed by atoms with Crippen LogP contribution in [0, 0.1) is 0 Å². The number of carbonyl (C=O) groups excluding carboxylic acids is 1. The minimum absolute atomic E-state index is 0. The summed E-state index contributed by atoms with van der Waals surface area (Å²) in [7, 11) is 1.78. The number of hydrogen-bond donors (Lipinski definition) is 0. The summed E-state index contributed by atoms with van der Waals surface area (Å²) in [4.78, 5) is 13.8. The number of aliphatic carboxylic acids is 1. The fourth-order valence-corrected chi connectivity index (χ4v) is 0.706. The van der Waals surface area contributed by atoms with Crippen LogP contribution in [0.4, 0.5) is 0 Å². The summed E-state index contributed by atoms with van der Waals surface area (Å²) in [6.07, 6.45) is 3.09. The maximum absolute atomic E-state index is 10.0. The second-order valence-corrected chi connectivity index (χ2v) is 2.08. The number of rotatable bonds is 2. The first kappa shape index (κ1) is 10.3. The monoisotopic (exact) mass is 146 g/mol.